The van der Waals surface area contributed by atoms with Gasteiger partial charge in [0.1, 0.15) is 11.5 Å². The summed E-state index contributed by atoms with van der Waals surface area (Å²) in [5.41, 5.74) is 0.624. The summed E-state index contributed by atoms with van der Waals surface area (Å²) in [4.78, 5) is 30.0. The Hall–Kier alpha value is -2.85. The maximum Gasteiger partial charge on any atom is 0.414 e. The standard InChI is InChI=1S/C15H24N2O4.C2H2O4/c1-4-21-9-5-8-16-11-15(18)17-13-7-6-12(19-2)10-14(13)20-3;3-1(4)2(5)6/h6-7,10,16H,4-5,8-9,11H2,1-3H3,(H,17,18);(H,3,4)(H,5,6). The first-order valence-corrected chi connectivity index (χ1v) is 8.12. The van der Waals surface area contributed by atoms with Gasteiger partial charge in [0.25, 0.3) is 0 Å². The van der Waals surface area contributed by atoms with Gasteiger partial charge in [0.15, 0.2) is 0 Å². The van der Waals surface area contributed by atoms with Gasteiger partial charge in [0.2, 0.25) is 5.91 Å². The number of ether oxygens (including phenoxy) is 3. The fourth-order valence-electron chi connectivity index (χ4n) is 1.74. The van der Waals surface area contributed by atoms with Crippen molar-refractivity contribution in [3.05, 3.63) is 18.2 Å². The third-order valence-electron chi connectivity index (χ3n) is 3.00. The Balaban J connectivity index is 0.000000972. The average Bonchev–Trinajstić information content (AvgIpc) is 2.65. The molecule has 0 aromatic heterocycles. The summed E-state index contributed by atoms with van der Waals surface area (Å²) in [6, 6.07) is 5.25. The van der Waals surface area contributed by atoms with Crippen LogP contribution in [0.2, 0.25) is 0 Å². The molecule has 0 aliphatic carbocycles. The van der Waals surface area contributed by atoms with Gasteiger partial charge in [-0.15, -0.1) is 0 Å². The first kappa shape index (κ1) is 24.1. The first-order chi connectivity index (χ1) is 12.8. The third kappa shape index (κ3) is 11.4. The minimum absolute atomic E-state index is 0.116. The average molecular weight is 386 g/mol. The molecule has 152 valence electrons. The Morgan fingerprint density at radius 2 is 1.74 bits per heavy atom. The van der Waals surface area contributed by atoms with Crippen LogP contribution in [0.5, 0.6) is 11.5 Å². The van der Waals surface area contributed by atoms with Crippen molar-refractivity contribution in [3.63, 3.8) is 0 Å². The summed E-state index contributed by atoms with van der Waals surface area (Å²) in [6.07, 6.45) is 0.882. The van der Waals surface area contributed by atoms with Crippen molar-refractivity contribution in [3.8, 4) is 11.5 Å². The lowest BCUT2D eigenvalue weighted by Gasteiger charge is -2.12. The molecule has 1 amide bonds. The summed E-state index contributed by atoms with van der Waals surface area (Å²) >= 11 is 0. The third-order valence-corrected chi connectivity index (χ3v) is 3.00. The SMILES string of the molecule is CCOCCCNCC(=O)Nc1ccc(OC)cc1OC.O=C(O)C(=O)O. The van der Waals surface area contributed by atoms with E-state index < -0.39 is 11.9 Å². The Morgan fingerprint density at radius 3 is 2.26 bits per heavy atom. The maximum absolute atomic E-state index is 11.8. The molecule has 0 aliphatic heterocycles. The van der Waals surface area contributed by atoms with Crippen LogP contribution in [0.25, 0.3) is 0 Å². The minimum atomic E-state index is -1.82. The molecule has 0 radical (unpaired) electrons. The summed E-state index contributed by atoms with van der Waals surface area (Å²) in [6.45, 7) is 4.38. The number of nitrogens with one attached hydrogen (secondary N) is 2. The van der Waals surface area contributed by atoms with E-state index in [0.29, 0.717) is 23.8 Å². The molecule has 27 heavy (non-hydrogen) atoms. The van der Waals surface area contributed by atoms with E-state index >= 15 is 0 Å². The van der Waals surface area contributed by atoms with Gasteiger partial charge in [-0.3, -0.25) is 4.79 Å². The van der Waals surface area contributed by atoms with Crippen molar-refractivity contribution in [2.75, 3.05) is 45.8 Å². The topological polar surface area (TPSA) is 143 Å². The summed E-state index contributed by atoms with van der Waals surface area (Å²) in [7, 11) is 3.13. The molecule has 4 N–H and O–H groups in total. The maximum atomic E-state index is 11.8. The number of aliphatic carboxylic acids is 2. The van der Waals surface area contributed by atoms with Gasteiger partial charge < -0.3 is 35.1 Å². The molecule has 0 heterocycles. The zero-order valence-electron chi connectivity index (χ0n) is 15.6. The lowest BCUT2D eigenvalue weighted by molar-refractivity contribution is -0.159. The quantitative estimate of drug-likeness (QED) is 0.339. The van der Waals surface area contributed by atoms with Crippen molar-refractivity contribution in [1.82, 2.24) is 5.32 Å². The molecule has 0 unspecified atom stereocenters. The fourth-order valence-corrected chi connectivity index (χ4v) is 1.74. The number of amides is 1. The van der Waals surface area contributed by atoms with Gasteiger partial charge in [0, 0.05) is 19.3 Å². The second-order valence-corrected chi connectivity index (χ2v) is 4.95. The number of benzene rings is 1. The van der Waals surface area contributed by atoms with Crippen LogP contribution in [0.1, 0.15) is 13.3 Å². The van der Waals surface area contributed by atoms with Crippen LogP contribution in [0.4, 0.5) is 5.69 Å². The van der Waals surface area contributed by atoms with E-state index in [1.807, 2.05) is 6.92 Å². The van der Waals surface area contributed by atoms with Gasteiger partial charge >= 0.3 is 11.9 Å². The summed E-state index contributed by atoms with van der Waals surface area (Å²) in [5, 5.41) is 20.7. The zero-order valence-corrected chi connectivity index (χ0v) is 15.6. The molecule has 1 aromatic rings. The molecular weight excluding hydrogens is 360 g/mol. The molecule has 0 fully saturated rings. The first-order valence-electron chi connectivity index (χ1n) is 8.12. The summed E-state index contributed by atoms with van der Waals surface area (Å²) < 4.78 is 15.6. The number of hydrogen-bond donors (Lipinski definition) is 4. The normalized spacial score (nSPS) is 9.59. The lowest BCUT2D eigenvalue weighted by atomic mass is 10.2. The Morgan fingerprint density at radius 1 is 1.07 bits per heavy atom. The smallest absolute Gasteiger partial charge is 0.414 e. The highest BCUT2D eigenvalue weighted by molar-refractivity contribution is 6.27. The molecule has 1 aromatic carbocycles. The highest BCUT2D eigenvalue weighted by Gasteiger charge is 2.08. The Bertz CT molecular complexity index is 595. The molecular formula is C17H26N2O8. The van der Waals surface area contributed by atoms with Crippen LogP contribution in [-0.4, -0.2) is 68.6 Å². The van der Waals surface area contributed by atoms with Crippen LogP contribution < -0.4 is 20.1 Å². The molecule has 0 aliphatic rings. The monoisotopic (exact) mass is 386 g/mol. The Kier molecular flexibility index (Phi) is 12.8. The fraction of sp³-hybridized carbons (Fsp3) is 0.471. The van der Waals surface area contributed by atoms with E-state index in [4.69, 9.17) is 34.0 Å². The Labute approximate surface area is 157 Å². The molecule has 0 bridgehead atoms. The van der Waals surface area contributed by atoms with Crippen molar-refractivity contribution in [2.45, 2.75) is 13.3 Å². The zero-order chi connectivity index (χ0) is 20.7. The lowest BCUT2D eigenvalue weighted by Crippen LogP contribution is -2.29. The van der Waals surface area contributed by atoms with Crippen LogP contribution in [0, 0.1) is 0 Å². The molecule has 0 saturated heterocycles. The van der Waals surface area contributed by atoms with Crippen LogP contribution in [-0.2, 0) is 19.1 Å². The summed E-state index contributed by atoms with van der Waals surface area (Å²) in [5.74, 6) is -2.52. The molecule has 0 atom stereocenters. The van der Waals surface area contributed by atoms with Crippen LogP contribution in [0.15, 0.2) is 18.2 Å². The number of carbonyl (C=O) groups is 3. The number of anilines is 1. The predicted octanol–water partition coefficient (Wildman–Crippen LogP) is 0.814. The van der Waals surface area contributed by atoms with Gasteiger partial charge in [-0.25, -0.2) is 9.59 Å². The van der Waals surface area contributed by atoms with Crippen molar-refractivity contribution in [2.24, 2.45) is 0 Å². The van der Waals surface area contributed by atoms with E-state index in [1.54, 1.807) is 32.4 Å². The second-order valence-electron chi connectivity index (χ2n) is 4.95. The number of carbonyl (C=O) groups excluding carboxylic acids is 1. The van der Waals surface area contributed by atoms with Gasteiger partial charge in [-0.1, -0.05) is 0 Å². The van der Waals surface area contributed by atoms with E-state index in [0.717, 1.165) is 19.6 Å². The largest absolute Gasteiger partial charge is 0.497 e. The number of hydrogen-bond acceptors (Lipinski definition) is 7. The van der Waals surface area contributed by atoms with Crippen LogP contribution in [0.3, 0.4) is 0 Å². The van der Waals surface area contributed by atoms with Gasteiger partial charge in [0.05, 0.1) is 26.5 Å². The minimum Gasteiger partial charge on any atom is -0.497 e. The van der Waals surface area contributed by atoms with Gasteiger partial charge in [-0.2, -0.15) is 0 Å². The molecule has 0 spiro atoms. The van der Waals surface area contributed by atoms with Crippen molar-refractivity contribution in [1.29, 1.82) is 0 Å². The molecule has 1 rings (SSSR count). The molecule has 10 heteroatoms. The van der Waals surface area contributed by atoms with Crippen LogP contribution >= 0.6 is 0 Å². The van der Waals surface area contributed by atoms with E-state index in [-0.39, 0.29) is 12.5 Å². The number of methoxy groups -OCH3 is 2. The van der Waals surface area contributed by atoms with E-state index in [1.165, 1.54) is 0 Å². The predicted molar refractivity (Wildman–Crippen MR) is 97.4 cm³/mol. The highest BCUT2D eigenvalue weighted by Crippen LogP contribution is 2.28. The second kappa shape index (κ2) is 14.3. The molecule has 10 nitrogen and oxygen atoms in total. The number of rotatable bonds is 10. The van der Waals surface area contributed by atoms with Crippen molar-refractivity contribution < 1.29 is 38.8 Å². The van der Waals surface area contributed by atoms with Crippen molar-refractivity contribution >= 4 is 23.5 Å². The van der Waals surface area contributed by atoms with E-state index in [9.17, 15) is 4.79 Å². The molecule has 0 saturated carbocycles. The van der Waals surface area contributed by atoms with Gasteiger partial charge in [-0.05, 0) is 32.0 Å². The van der Waals surface area contributed by atoms with E-state index in [2.05, 4.69) is 10.6 Å². The number of carboxylic acids is 2. The number of carboxylic acid groups (broad SMARTS) is 2. The highest BCUT2D eigenvalue weighted by atomic mass is 16.5.